The number of hydrogen-bond donors (Lipinski definition) is 1. The van der Waals surface area contributed by atoms with Crippen LogP contribution in [-0.4, -0.2) is 13.0 Å². The zero-order valence-electron chi connectivity index (χ0n) is 15.7. The van der Waals surface area contributed by atoms with Crippen LogP contribution in [0.5, 0.6) is 0 Å². The second kappa shape index (κ2) is 7.60. The lowest BCUT2D eigenvalue weighted by atomic mass is 10.0. The largest absolute Gasteiger partial charge is 0.419 e. The molecule has 1 aromatic heterocycles. The summed E-state index contributed by atoms with van der Waals surface area (Å²) in [6.07, 6.45) is 1.70. The molecule has 0 aliphatic carbocycles. The Labute approximate surface area is 158 Å². The van der Waals surface area contributed by atoms with Crippen LogP contribution in [0.1, 0.15) is 32.8 Å². The summed E-state index contributed by atoms with van der Waals surface area (Å²) < 4.78 is 34.6. The van der Waals surface area contributed by atoms with Crippen molar-refractivity contribution in [2.24, 2.45) is 5.92 Å². The van der Waals surface area contributed by atoms with Crippen LogP contribution >= 0.6 is 0 Å². The number of fused-ring (bicyclic) bond motifs is 1. The number of anilines is 1. The third-order valence-corrected chi connectivity index (χ3v) is 5.64. The molecule has 6 nitrogen and oxygen atoms in total. The van der Waals surface area contributed by atoms with Crippen LogP contribution < -0.4 is 10.5 Å². The summed E-state index contributed by atoms with van der Waals surface area (Å²) in [4.78, 5) is 12.1. The molecule has 0 aliphatic heterocycles. The number of hydrogen-bond acceptors (Lipinski definition) is 4. The zero-order chi connectivity index (χ0) is 19.6. The van der Waals surface area contributed by atoms with Gasteiger partial charge in [-0.05, 0) is 48.6 Å². The number of nitrogens with one attached hydrogen (secondary N) is 1. The molecule has 7 heteroatoms. The molecule has 0 bridgehead atoms. The fraction of sp³-hybridized carbons (Fsp3) is 0.350. The highest BCUT2D eigenvalue weighted by Crippen LogP contribution is 2.22. The fourth-order valence-electron chi connectivity index (χ4n) is 3.06. The minimum absolute atomic E-state index is 0.195. The van der Waals surface area contributed by atoms with Crippen molar-refractivity contribution in [3.8, 4) is 0 Å². The van der Waals surface area contributed by atoms with E-state index in [0.29, 0.717) is 29.2 Å². The Morgan fingerprint density at radius 3 is 2.44 bits per heavy atom. The van der Waals surface area contributed by atoms with Crippen LogP contribution in [-0.2, 0) is 23.0 Å². The number of benzene rings is 2. The van der Waals surface area contributed by atoms with E-state index in [1.165, 1.54) is 6.07 Å². The molecule has 1 heterocycles. The molecule has 144 valence electrons. The van der Waals surface area contributed by atoms with Crippen molar-refractivity contribution in [2.75, 3.05) is 4.72 Å². The van der Waals surface area contributed by atoms with Crippen molar-refractivity contribution in [2.45, 2.75) is 45.1 Å². The van der Waals surface area contributed by atoms with Gasteiger partial charge in [-0.25, -0.2) is 13.2 Å². The topological polar surface area (TPSA) is 81.3 Å². The van der Waals surface area contributed by atoms with Crippen molar-refractivity contribution < 1.29 is 12.8 Å². The first-order valence-electron chi connectivity index (χ1n) is 9.05. The number of aromatic nitrogens is 1. The summed E-state index contributed by atoms with van der Waals surface area (Å²) in [7, 11) is -3.72. The van der Waals surface area contributed by atoms with Crippen LogP contribution in [0, 0.1) is 5.92 Å². The predicted molar refractivity (Wildman–Crippen MR) is 107 cm³/mol. The lowest BCUT2D eigenvalue weighted by molar-refractivity contribution is 0.502. The first-order valence-corrected chi connectivity index (χ1v) is 10.5. The molecule has 0 spiro atoms. The molecule has 2 aromatic carbocycles. The van der Waals surface area contributed by atoms with Gasteiger partial charge in [-0.3, -0.25) is 9.29 Å². The van der Waals surface area contributed by atoms with E-state index >= 15 is 0 Å². The van der Waals surface area contributed by atoms with Gasteiger partial charge in [0.25, 0.3) is 10.0 Å². The second-order valence-corrected chi connectivity index (χ2v) is 8.73. The summed E-state index contributed by atoms with van der Waals surface area (Å²) in [5.74, 6) is 0.0691. The summed E-state index contributed by atoms with van der Waals surface area (Å²) in [5, 5.41) is 0. The molecule has 0 radical (unpaired) electrons. The van der Waals surface area contributed by atoms with E-state index in [1.54, 1.807) is 28.8 Å². The average Bonchev–Trinajstić information content (AvgIpc) is 2.90. The SMILES string of the molecule is CCCn1c(=O)oc2cc(NS(=O)(=O)c3ccc(CC(C)C)cc3)ccc21. The molecule has 3 aromatic rings. The van der Waals surface area contributed by atoms with Crippen molar-refractivity contribution in [1.29, 1.82) is 0 Å². The quantitative estimate of drug-likeness (QED) is 0.663. The lowest BCUT2D eigenvalue weighted by Crippen LogP contribution is -2.13. The van der Waals surface area contributed by atoms with Crippen LogP contribution in [0.3, 0.4) is 0 Å². The highest BCUT2D eigenvalue weighted by Gasteiger charge is 2.16. The van der Waals surface area contributed by atoms with E-state index in [-0.39, 0.29) is 4.90 Å². The standard InChI is InChI=1S/C20H24N2O4S/c1-4-11-22-18-10-7-16(13-19(18)26-20(22)23)21-27(24,25)17-8-5-15(6-9-17)12-14(2)3/h5-10,13-14,21H,4,11-12H2,1-3H3. The third kappa shape index (κ3) is 4.24. The molecule has 0 atom stereocenters. The summed E-state index contributed by atoms with van der Waals surface area (Å²) in [6.45, 7) is 6.77. The normalized spacial score (nSPS) is 12.0. The van der Waals surface area contributed by atoms with Crippen LogP contribution in [0.2, 0.25) is 0 Å². The summed E-state index contributed by atoms with van der Waals surface area (Å²) in [6, 6.07) is 11.7. The fourth-order valence-corrected chi connectivity index (χ4v) is 4.10. The maximum Gasteiger partial charge on any atom is 0.419 e. The number of rotatable bonds is 7. The Morgan fingerprint density at radius 1 is 1.11 bits per heavy atom. The van der Waals surface area contributed by atoms with E-state index in [0.717, 1.165) is 18.4 Å². The van der Waals surface area contributed by atoms with Gasteiger partial charge in [0.15, 0.2) is 5.58 Å². The van der Waals surface area contributed by atoms with Crippen molar-refractivity contribution in [3.63, 3.8) is 0 Å². The van der Waals surface area contributed by atoms with E-state index in [1.807, 2.05) is 19.1 Å². The molecular formula is C20H24N2O4S. The second-order valence-electron chi connectivity index (χ2n) is 7.05. The van der Waals surface area contributed by atoms with Gasteiger partial charge in [0.2, 0.25) is 0 Å². The van der Waals surface area contributed by atoms with Crippen LogP contribution in [0.4, 0.5) is 5.69 Å². The predicted octanol–water partition coefficient (Wildman–Crippen LogP) is 4.00. The minimum Gasteiger partial charge on any atom is -0.408 e. The Kier molecular flexibility index (Phi) is 5.41. The van der Waals surface area contributed by atoms with Crippen molar-refractivity contribution in [3.05, 3.63) is 58.6 Å². The number of nitrogens with zero attached hydrogens (tertiary/aromatic N) is 1. The van der Waals surface area contributed by atoms with Gasteiger partial charge in [-0.2, -0.15) is 0 Å². The molecular weight excluding hydrogens is 364 g/mol. The van der Waals surface area contributed by atoms with Gasteiger partial charge in [0.05, 0.1) is 16.1 Å². The van der Waals surface area contributed by atoms with Gasteiger partial charge in [-0.15, -0.1) is 0 Å². The van der Waals surface area contributed by atoms with Gasteiger partial charge in [-0.1, -0.05) is 32.9 Å². The number of sulfonamides is 1. The maximum absolute atomic E-state index is 12.6. The molecule has 0 saturated heterocycles. The summed E-state index contributed by atoms with van der Waals surface area (Å²) >= 11 is 0. The Hall–Kier alpha value is -2.54. The van der Waals surface area contributed by atoms with Crippen molar-refractivity contribution in [1.82, 2.24) is 4.57 Å². The monoisotopic (exact) mass is 388 g/mol. The number of oxazole rings is 1. The first kappa shape index (κ1) is 19.2. The highest BCUT2D eigenvalue weighted by molar-refractivity contribution is 7.92. The maximum atomic E-state index is 12.6. The molecule has 0 saturated carbocycles. The lowest BCUT2D eigenvalue weighted by Gasteiger charge is -2.10. The minimum atomic E-state index is -3.72. The van der Waals surface area contributed by atoms with Crippen LogP contribution in [0.25, 0.3) is 11.1 Å². The van der Waals surface area contributed by atoms with E-state index < -0.39 is 15.8 Å². The molecule has 0 amide bonds. The molecule has 1 N–H and O–H groups in total. The number of aryl methyl sites for hydroxylation is 1. The van der Waals surface area contributed by atoms with Crippen LogP contribution in [0.15, 0.2) is 56.6 Å². The molecule has 27 heavy (non-hydrogen) atoms. The van der Waals surface area contributed by atoms with Gasteiger partial charge in [0.1, 0.15) is 0 Å². The molecule has 0 aliphatic rings. The van der Waals surface area contributed by atoms with Gasteiger partial charge in [0, 0.05) is 12.6 Å². The van der Waals surface area contributed by atoms with E-state index in [9.17, 15) is 13.2 Å². The first-order chi connectivity index (χ1) is 12.8. The van der Waals surface area contributed by atoms with Gasteiger partial charge < -0.3 is 4.42 Å². The smallest absolute Gasteiger partial charge is 0.408 e. The Bertz CT molecular complexity index is 1090. The summed E-state index contributed by atoms with van der Waals surface area (Å²) in [5.41, 5.74) is 2.47. The molecule has 0 fully saturated rings. The van der Waals surface area contributed by atoms with Gasteiger partial charge >= 0.3 is 5.76 Å². The molecule has 0 unspecified atom stereocenters. The Balaban J connectivity index is 1.86. The average molecular weight is 388 g/mol. The zero-order valence-corrected chi connectivity index (χ0v) is 16.5. The Morgan fingerprint density at radius 2 is 1.81 bits per heavy atom. The highest BCUT2D eigenvalue weighted by atomic mass is 32.2. The van der Waals surface area contributed by atoms with E-state index in [4.69, 9.17) is 4.42 Å². The third-order valence-electron chi connectivity index (χ3n) is 4.25. The van der Waals surface area contributed by atoms with Crippen molar-refractivity contribution >= 4 is 26.8 Å². The molecule has 3 rings (SSSR count). The van der Waals surface area contributed by atoms with E-state index in [2.05, 4.69) is 18.6 Å².